The summed E-state index contributed by atoms with van der Waals surface area (Å²) in [7, 11) is -1.87. The van der Waals surface area contributed by atoms with Crippen LogP contribution in [-0.4, -0.2) is 27.7 Å². The molecule has 1 amide bonds. The summed E-state index contributed by atoms with van der Waals surface area (Å²) in [5, 5.41) is 2.68. The van der Waals surface area contributed by atoms with Crippen LogP contribution in [0.2, 0.25) is 0 Å². The Kier molecular flexibility index (Phi) is 4.95. The lowest BCUT2D eigenvalue weighted by Gasteiger charge is -2.16. The van der Waals surface area contributed by atoms with Crippen molar-refractivity contribution in [2.24, 2.45) is 0 Å². The van der Waals surface area contributed by atoms with Crippen molar-refractivity contribution in [2.45, 2.75) is 11.0 Å². The molecule has 6 heteroatoms. The Labute approximate surface area is 129 Å². The van der Waals surface area contributed by atoms with E-state index in [0.29, 0.717) is 5.69 Å². The van der Waals surface area contributed by atoms with Gasteiger partial charge >= 0.3 is 0 Å². The molecule has 0 aliphatic rings. The number of carbonyl (C=O) groups excluding carboxylic acids is 1. The van der Waals surface area contributed by atoms with Crippen LogP contribution in [0.25, 0.3) is 0 Å². The van der Waals surface area contributed by atoms with Gasteiger partial charge in [-0.1, -0.05) is 36.4 Å². The zero-order chi connectivity index (χ0) is 16.2. The van der Waals surface area contributed by atoms with Crippen LogP contribution in [0.5, 0.6) is 0 Å². The van der Waals surface area contributed by atoms with E-state index >= 15 is 0 Å². The number of anilines is 1. The molecule has 5 nitrogen and oxygen atoms in total. The van der Waals surface area contributed by atoms with E-state index in [-0.39, 0.29) is 10.8 Å². The molecule has 0 aliphatic carbocycles. The zero-order valence-corrected chi connectivity index (χ0v) is 13.1. The van der Waals surface area contributed by atoms with Gasteiger partial charge in [0.25, 0.3) is 5.91 Å². The number of hydrogen-bond acceptors (Lipinski definition) is 4. The van der Waals surface area contributed by atoms with Crippen LogP contribution < -0.4 is 5.32 Å². The second kappa shape index (κ2) is 6.72. The maximum absolute atomic E-state index is 12.3. The molecule has 2 aromatic rings. The second-order valence-corrected chi connectivity index (χ2v) is 6.83. The summed E-state index contributed by atoms with van der Waals surface area (Å²) in [4.78, 5) is 12.5. The Bertz CT molecular complexity index is 757. The fraction of sp³-hybridized carbons (Fsp3) is 0.188. The normalized spacial score (nSPS) is 12.6. The standard InChI is InChI=1S/C16H17NO4S/c1-21-15(12-7-4-3-5-8-12)16(18)17-13-9-6-10-14(11-13)22(2,19)20/h3-11,15H,1-2H3,(H,17,18). The molecule has 1 N–H and O–H groups in total. The molecule has 0 heterocycles. The molecule has 1 atom stereocenters. The van der Waals surface area contributed by atoms with Gasteiger partial charge in [-0.25, -0.2) is 8.42 Å². The van der Waals surface area contributed by atoms with Crippen molar-refractivity contribution in [1.82, 2.24) is 0 Å². The first-order valence-electron chi connectivity index (χ1n) is 6.60. The van der Waals surface area contributed by atoms with E-state index in [0.717, 1.165) is 11.8 Å². The van der Waals surface area contributed by atoms with Crippen LogP contribution in [0.4, 0.5) is 5.69 Å². The quantitative estimate of drug-likeness (QED) is 0.918. The van der Waals surface area contributed by atoms with Crippen LogP contribution in [0.15, 0.2) is 59.5 Å². The maximum Gasteiger partial charge on any atom is 0.258 e. The van der Waals surface area contributed by atoms with Crippen molar-refractivity contribution in [1.29, 1.82) is 0 Å². The van der Waals surface area contributed by atoms with Crippen molar-refractivity contribution < 1.29 is 17.9 Å². The van der Waals surface area contributed by atoms with E-state index in [1.54, 1.807) is 24.3 Å². The molecule has 0 saturated heterocycles. The average molecular weight is 319 g/mol. The summed E-state index contributed by atoms with van der Waals surface area (Å²) in [6, 6.07) is 15.2. The number of amides is 1. The largest absolute Gasteiger partial charge is 0.367 e. The van der Waals surface area contributed by atoms with Crippen LogP contribution in [0.3, 0.4) is 0 Å². The van der Waals surface area contributed by atoms with Crippen molar-refractivity contribution in [3.63, 3.8) is 0 Å². The summed E-state index contributed by atoms with van der Waals surface area (Å²) in [5.74, 6) is -0.362. The first-order valence-corrected chi connectivity index (χ1v) is 8.49. The van der Waals surface area contributed by atoms with Crippen LogP contribution >= 0.6 is 0 Å². The molecule has 2 aromatic carbocycles. The first kappa shape index (κ1) is 16.2. The van der Waals surface area contributed by atoms with E-state index in [1.807, 2.05) is 18.2 Å². The van der Waals surface area contributed by atoms with Gasteiger partial charge in [0.05, 0.1) is 4.90 Å². The lowest BCUT2D eigenvalue weighted by atomic mass is 10.1. The first-order chi connectivity index (χ1) is 10.4. The Morgan fingerprint density at radius 2 is 1.77 bits per heavy atom. The molecule has 2 rings (SSSR count). The lowest BCUT2D eigenvalue weighted by Crippen LogP contribution is -2.22. The molecular weight excluding hydrogens is 302 g/mol. The molecule has 22 heavy (non-hydrogen) atoms. The highest BCUT2D eigenvalue weighted by molar-refractivity contribution is 7.90. The van der Waals surface area contributed by atoms with Crippen molar-refractivity contribution >= 4 is 21.4 Å². The summed E-state index contributed by atoms with van der Waals surface area (Å²) in [6.07, 6.45) is 0.360. The molecule has 0 radical (unpaired) electrons. The third-order valence-corrected chi connectivity index (χ3v) is 4.22. The van der Waals surface area contributed by atoms with Gasteiger partial charge in [-0.05, 0) is 23.8 Å². The van der Waals surface area contributed by atoms with E-state index in [9.17, 15) is 13.2 Å². The van der Waals surface area contributed by atoms with Crippen LogP contribution in [0, 0.1) is 0 Å². The topological polar surface area (TPSA) is 72.5 Å². The summed E-state index contributed by atoms with van der Waals surface area (Å²) in [6.45, 7) is 0. The number of ether oxygens (including phenoxy) is 1. The van der Waals surface area contributed by atoms with E-state index < -0.39 is 15.9 Å². The van der Waals surface area contributed by atoms with Crippen molar-refractivity contribution in [3.8, 4) is 0 Å². The van der Waals surface area contributed by atoms with Crippen molar-refractivity contribution in [2.75, 3.05) is 18.7 Å². The number of rotatable bonds is 5. The maximum atomic E-state index is 12.3. The number of sulfone groups is 1. The Morgan fingerprint density at radius 3 is 2.36 bits per heavy atom. The fourth-order valence-electron chi connectivity index (χ4n) is 2.03. The van der Waals surface area contributed by atoms with Gasteiger partial charge < -0.3 is 10.1 Å². The Balaban J connectivity index is 2.21. The van der Waals surface area contributed by atoms with Crippen molar-refractivity contribution in [3.05, 3.63) is 60.2 Å². The number of benzene rings is 2. The molecule has 0 spiro atoms. The van der Waals surface area contributed by atoms with Crippen LogP contribution in [-0.2, 0) is 19.4 Å². The monoisotopic (exact) mass is 319 g/mol. The fourth-order valence-corrected chi connectivity index (χ4v) is 2.70. The van der Waals surface area contributed by atoms with E-state index in [1.165, 1.54) is 19.2 Å². The molecule has 1 unspecified atom stereocenters. The molecule has 0 saturated carbocycles. The predicted molar refractivity (Wildman–Crippen MR) is 84.4 cm³/mol. The minimum Gasteiger partial charge on any atom is -0.367 e. The van der Waals surface area contributed by atoms with Gasteiger partial charge in [0.15, 0.2) is 15.9 Å². The summed E-state index contributed by atoms with van der Waals surface area (Å²) >= 11 is 0. The highest BCUT2D eigenvalue weighted by Gasteiger charge is 2.20. The van der Waals surface area contributed by atoms with Crippen LogP contribution in [0.1, 0.15) is 11.7 Å². The average Bonchev–Trinajstić information content (AvgIpc) is 2.48. The predicted octanol–water partition coefficient (Wildman–Crippen LogP) is 2.42. The molecule has 116 valence electrons. The summed E-state index contributed by atoms with van der Waals surface area (Å²) in [5.41, 5.74) is 1.13. The Hall–Kier alpha value is -2.18. The van der Waals surface area contributed by atoms with Gasteiger partial charge in [0.2, 0.25) is 0 Å². The molecule has 0 aromatic heterocycles. The highest BCUT2D eigenvalue weighted by Crippen LogP contribution is 2.20. The third kappa shape index (κ3) is 3.93. The minimum atomic E-state index is -3.32. The number of nitrogens with one attached hydrogen (secondary N) is 1. The van der Waals surface area contributed by atoms with E-state index in [4.69, 9.17) is 4.74 Å². The third-order valence-electron chi connectivity index (χ3n) is 3.11. The molecular formula is C16H17NO4S. The van der Waals surface area contributed by atoms with Gasteiger partial charge in [0.1, 0.15) is 0 Å². The van der Waals surface area contributed by atoms with Gasteiger partial charge in [-0.2, -0.15) is 0 Å². The second-order valence-electron chi connectivity index (χ2n) is 4.82. The van der Waals surface area contributed by atoms with E-state index in [2.05, 4.69) is 5.32 Å². The molecule has 0 fully saturated rings. The minimum absolute atomic E-state index is 0.152. The Morgan fingerprint density at radius 1 is 1.09 bits per heavy atom. The van der Waals surface area contributed by atoms with Gasteiger partial charge in [-0.3, -0.25) is 4.79 Å². The number of methoxy groups -OCH3 is 1. The highest BCUT2D eigenvalue weighted by atomic mass is 32.2. The number of hydrogen-bond donors (Lipinski definition) is 1. The van der Waals surface area contributed by atoms with Gasteiger partial charge in [0, 0.05) is 19.1 Å². The van der Waals surface area contributed by atoms with Gasteiger partial charge in [-0.15, -0.1) is 0 Å². The SMILES string of the molecule is COC(C(=O)Nc1cccc(S(C)(=O)=O)c1)c1ccccc1. The number of carbonyl (C=O) groups is 1. The lowest BCUT2D eigenvalue weighted by molar-refractivity contribution is -0.126. The smallest absolute Gasteiger partial charge is 0.258 e. The molecule has 0 bridgehead atoms. The zero-order valence-electron chi connectivity index (χ0n) is 12.3. The molecule has 0 aliphatic heterocycles. The summed E-state index contributed by atoms with van der Waals surface area (Å²) < 4.78 is 28.3.